The Kier molecular flexibility index (Phi) is 5.68. The van der Waals surface area contributed by atoms with E-state index in [4.69, 9.17) is 0 Å². The van der Waals surface area contributed by atoms with E-state index >= 15 is 0 Å². The van der Waals surface area contributed by atoms with Crippen LogP contribution in [0.3, 0.4) is 0 Å². The average molecular weight is 373 g/mol. The van der Waals surface area contributed by atoms with Crippen LogP contribution in [0.2, 0.25) is 0 Å². The molecule has 140 valence electrons. The van der Waals surface area contributed by atoms with Gasteiger partial charge in [0, 0.05) is 30.9 Å². The molecule has 2 heterocycles. The summed E-state index contributed by atoms with van der Waals surface area (Å²) in [6, 6.07) is 12.3. The second-order valence-corrected chi connectivity index (χ2v) is 9.04. The molecule has 0 aliphatic carbocycles. The molecule has 1 atom stereocenters. The average Bonchev–Trinajstić information content (AvgIpc) is 3.04. The number of aliphatic hydroxyl groups is 1. The molecule has 5 heteroatoms. The lowest BCUT2D eigenvalue weighted by molar-refractivity contribution is -0.132. The lowest BCUT2D eigenvalue weighted by atomic mass is 9.88. The number of β-amino-alcohol motifs (C(OH)–C–C–N with tert-alkyl or cyclic N) is 1. The van der Waals surface area contributed by atoms with Crippen molar-refractivity contribution in [1.29, 1.82) is 0 Å². The highest BCUT2D eigenvalue weighted by molar-refractivity contribution is 7.10. The largest absolute Gasteiger partial charge is 0.391 e. The van der Waals surface area contributed by atoms with Gasteiger partial charge in [0.1, 0.15) is 0 Å². The molecule has 1 aliphatic heterocycles. The molecule has 2 aromatic rings. The Morgan fingerprint density at radius 3 is 2.58 bits per heavy atom. The predicted octanol–water partition coefficient (Wildman–Crippen LogP) is 3.89. The molecule has 3 rings (SSSR count). The van der Waals surface area contributed by atoms with Crippen molar-refractivity contribution in [3.05, 3.63) is 52.2 Å². The first-order valence-electron chi connectivity index (χ1n) is 9.15. The zero-order valence-corrected chi connectivity index (χ0v) is 16.6. The smallest absolute Gasteiger partial charge is 0.224 e. The van der Waals surface area contributed by atoms with Crippen LogP contribution in [0.4, 0.5) is 5.69 Å². The molecular formula is C21H28N2O2S. The summed E-state index contributed by atoms with van der Waals surface area (Å²) in [5, 5.41) is 12.6. The molecule has 1 amide bonds. The first-order chi connectivity index (χ1) is 12.3. The third-order valence-electron chi connectivity index (χ3n) is 4.95. The SMILES string of the molecule is CC(C)(C)C(O)CN1CCC(=O)N(Cc2ccccc2)Cc2sccc21. The summed E-state index contributed by atoms with van der Waals surface area (Å²) in [7, 11) is 0. The number of rotatable bonds is 4. The molecular weight excluding hydrogens is 344 g/mol. The molecule has 0 bridgehead atoms. The zero-order valence-electron chi connectivity index (χ0n) is 15.8. The van der Waals surface area contributed by atoms with Gasteiger partial charge in [0.2, 0.25) is 5.91 Å². The Morgan fingerprint density at radius 2 is 1.88 bits per heavy atom. The minimum Gasteiger partial charge on any atom is -0.391 e. The van der Waals surface area contributed by atoms with E-state index < -0.39 is 6.10 Å². The zero-order chi connectivity index (χ0) is 18.7. The predicted molar refractivity (Wildman–Crippen MR) is 107 cm³/mol. The van der Waals surface area contributed by atoms with E-state index in [9.17, 15) is 9.90 Å². The molecule has 0 radical (unpaired) electrons. The highest BCUT2D eigenvalue weighted by Gasteiger charge is 2.28. The third-order valence-corrected chi connectivity index (χ3v) is 5.85. The van der Waals surface area contributed by atoms with Crippen molar-refractivity contribution >= 4 is 22.9 Å². The Balaban J connectivity index is 1.79. The summed E-state index contributed by atoms with van der Waals surface area (Å²) in [4.78, 5) is 18.1. The molecule has 0 spiro atoms. The standard InChI is InChI=1S/C21H28N2O2S/c1-21(2,3)19(24)15-22-11-9-20(25)23(13-16-7-5-4-6-8-16)14-18-17(22)10-12-26-18/h4-8,10,12,19,24H,9,11,13-15H2,1-3H3. The van der Waals surface area contributed by atoms with Crippen LogP contribution in [-0.4, -0.2) is 35.1 Å². The topological polar surface area (TPSA) is 43.8 Å². The summed E-state index contributed by atoms with van der Waals surface area (Å²) in [6.45, 7) is 8.60. The van der Waals surface area contributed by atoms with Crippen LogP contribution in [-0.2, 0) is 17.9 Å². The normalized spacial score (nSPS) is 16.8. The Bertz CT molecular complexity index is 736. The fourth-order valence-corrected chi connectivity index (χ4v) is 4.03. The van der Waals surface area contributed by atoms with E-state index in [1.165, 1.54) is 4.88 Å². The summed E-state index contributed by atoms with van der Waals surface area (Å²) in [5.41, 5.74) is 2.13. The van der Waals surface area contributed by atoms with Crippen LogP contribution in [0, 0.1) is 5.41 Å². The van der Waals surface area contributed by atoms with Crippen molar-refractivity contribution in [3.63, 3.8) is 0 Å². The monoisotopic (exact) mass is 372 g/mol. The van der Waals surface area contributed by atoms with E-state index in [1.54, 1.807) is 11.3 Å². The Hall–Kier alpha value is -1.85. The molecule has 1 aromatic heterocycles. The molecule has 1 unspecified atom stereocenters. The van der Waals surface area contributed by atoms with Gasteiger partial charge in [-0.3, -0.25) is 4.79 Å². The number of thiophene rings is 1. The molecule has 4 nitrogen and oxygen atoms in total. The maximum absolute atomic E-state index is 12.8. The van der Waals surface area contributed by atoms with Gasteiger partial charge in [-0.1, -0.05) is 51.1 Å². The Labute approximate surface area is 160 Å². The maximum Gasteiger partial charge on any atom is 0.224 e. The molecule has 26 heavy (non-hydrogen) atoms. The first-order valence-corrected chi connectivity index (χ1v) is 10.0. The number of anilines is 1. The second-order valence-electron chi connectivity index (χ2n) is 8.04. The number of hydrogen-bond acceptors (Lipinski definition) is 4. The quantitative estimate of drug-likeness (QED) is 0.885. The van der Waals surface area contributed by atoms with Gasteiger partial charge in [0.15, 0.2) is 0 Å². The lowest BCUT2D eigenvalue weighted by Crippen LogP contribution is -2.43. The summed E-state index contributed by atoms with van der Waals surface area (Å²) in [6.07, 6.45) is 0.0316. The van der Waals surface area contributed by atoms with E-state index in [0.717, 1.165) is 11.3 Å². The molecule has 1 aromatic carbocycles. The van der Waals surface area contributed by atoms with Crippen LogP contribution in [0.5, 0.6) is 0 Å². The molecule has 1 N–H and O–H groups in total. The highest BCUT2D eigenvalue weighted by Crippen LogP contribution is 2.32. The second kappa shape index (κ2) is 7.80. The van der Waals surface area contributed by atoms with Crippen LogP contribution < -0.4 is 4.90 Å². The van der Waals surface area contributed by atoms with Crippen molar-refractivity contribution < 1.29 is 9.90 Å². The number of benzene rings is 1. The van der Waals surface area contributed by atoms with Crippen LogP contribution in [0.25, 0.3) is 0 Å². The Morgan fingerprint density at radius 1 is 1.15 bits per heavy atom. The number of carbonyl (C=O) groups is 1. The van der Waals surface area contributed by atoms with E-state index in [1.807, 2.05) is 43.9 Å². The number of amides is 1. The fourth-order valence-electron chi connectivity index (χ4n) is 3.12. The van der Waals surface area contributed by atoms with Gasteiger partial charge in [-0.25, -0.2) is 0 Å². The molecule has 0 saturated carbocycles. The van der Waals surface area contributed by atoms with Crippen molar-refractivity contribution in [2.45, 2.75) is 46.4 Å². The van der Waals surface area contributed by atoms with Crippen molar-refractivity contribution in [2.75, 3.05) is 18.0 Å². The van der Waals surface area contributed by atoms with Crippen LogP contribution in [0.15, 0.2) is 41.8 Å². The lowest BCUT2D eigenvalue weighted by Gasteiger charge is -2.35. The number of aliphatic hydroxyl groups excluding tert-OH is 1. The van der Waals surface area contributed by atoms with Gasteiger partial charge in [0.25, 0.3) is 0 Å². The number of nitrogens with zero attached hydrogens (tertiary/aromatic N) is 2. The van der Waals surface area contributed by atoms with Gasteiger partial charge in [-0.05, 0) is 22.4 Å². The van der Waals surface area contributed by atoms with Crippen LogP contribution in [0.1, 0.15) is 37.6 Å². The number of carbonyl (C=O) groups excluding carboxylic acids is 1. The van der Waals surface area contributed by atoms with Crippen molar-refractivity contribution in [3.8, 4) is 0 Å². The first kappa shape index (κ1) is 18.9. The van der Waals surface area contributed by atoms with Crippen molar-refractivity contribution in [1.82, 2.24) is 4.90 Å². The fraction of sp³-hybridized carbons (Fsp3) is 0.476. The van der Waals surface area contributed by atoms with Gasteiger partial charge in [0.05, 0.1) is 18.3 Å². The van der Waals surface area contributed by atoms with Gasteiger partial charge in [-0.15, -0.1) is 11.3 Å². The van der Waals surface area contributed by atoms with Crippen molar-refractivity contribution in [2.24, 2.45) is 5.41 Å². The summed E-state index contributed by atoms with van der Waals surface area (Å²) >= 11 is 1.69. The van der Waals surface area contributed by atoms with E-state index in [2.05, 4.69) is 28.5 Å². The minimum atomic E-state index is -0.440. The third kappa shape index (κ3) is 4.46. The summed E-state index contributed by atoms with van der Waals surface area (Å²) in [5.74, 6) is 0.170. The molecule has 0 fully saturated rings. The van der Waals surface area contributed by atoms with Gasteiger partial charge < -0.3 is 14.9 Å². The van der Waals surface area contributed by atoms with Gasteiger partial charge in [-0.2, -0.15) is 0 Å². The minimum absolute atomic E-state index is 0.170. The van der Waals surface area contributed by atoms with E-state index in [-0.39, 0.29) is 11.3 Å². The van der Waals surface area contributed by atoms with Crippen LogP contribution >= 0.6 is 11.3 Å². The van der Waals surface area contributed by atoms with E-state index in [0.29, 0.717) is 32.6 Å². The molecule has 1 aliphatic rings. The maximum atomic E-state index is 12.8. The number of hydrogen-bond donors (Lipinski definition) is 1. The molecule has 0 saturated heterocycles. The van der Waals surface area contributed by atoms with Gasteiger partial charge >= 0.3 is 0 Å². The summed E-state index contributed by atoms with van der Waals surface area (Å²) < 4.78 is 0. The number of fused-ring (bicyclic) bond motifs is 1. The highest BCUT2D eigenvalue weighted by atomic mass is 32.1.